The van der Waals surface area contributed by atoms with Gasteiger partial charge in [0.2, 0.25) is 0 Å². The molecule has 244 valence electrons. The van der Waals surface area contributed by atoms with Crippen molar-refractivity contribution < 1.29 is 49.4 Å². The third-order valence-electron chi connectivity index (χ3n) is 7.56. The summed E-state index contributed by atoms with van der Waals surface area (Å²) in [6.07, 6.45) is -15.4. The van der Waals surface area contributed by atoms with Crippen molar-refractivity contribution in [3.63, 3.8) is 0 Å². The fourth-order valence-electron chi connectivity index (χ4n) is 5.29. The van der Waals surface area contributed by atoms with Crippen LogP contribution in [0.4, 0.5) is 55.7 Å². The quantitative estimate of drug-likeness (QED) is 0.224. The van der Waals surface area contributed by atoms with Gasteiger partial charge >= 0.3 is 24.6 Å². The van der Waals surface area contributed by atoms with E-state index in [0.29, 0.717) is 31.2 Å². The Morgan fingerprint density at radius 2 is 1.58 bits per heavy atom. The first-order chi connectivity index (χ1) is 20.8. The van der Waals surface area contributed by atoms with Crippen LogP contribution in [0.5, 0.6) is 0 Å². The molecule has 4 rings (SSSR count). The maximum absolute atomic E-state index is 13.7. The smallest absolute Gasteiger partial charge is 0.416 e. The Morgan fingerprint density at radius 3 is 2.09 bits per heavy atom. The predicted molar refractivity (Wildman–Crippen MR) is 146 cm³/mol. The highest BCUT2D eigenvalue weighted by Gasteiger charge is 2.47. The highest BCUT2D eigenvalue weighted by molar-refractivity contribution is 5.90. The van der Waals surface area contributed by atoms with E-state index in [1.807, 2.05) is 0 Å². The zero-order chi connectivity index (χ0) is 33.5. The molecular formula is C29H28F9N5O2. The van der Waals surface area contributed by atoms with Crippen LogP contribution in [-0.2, 0) is 24.9 Å². The second-order valence-electron chi connectivity index (χ2n) is 10.7. The van der Waals surface area contributed by atoms with Crippen molar-refractivity contribution in [1.29, 1.82) is 0 Å². The molecule has 0 aliphatic carbocycles. The van der Waals surface area contributed by atoms with E-state index in [4.69, 9.17) is 5.73 Å². The normalized spacial score (nSPS) is 18.9. The molecule has 2 aromatic carbocycles. The summed E-state index contributed by atoms with van der Waals surface area (Å²) >= 11 is 0. The zero-order valence-electron chi connectivity index (χ0n) is 23.8. The van der Waals surface area contributed by atoms with E-state index in [0.717, 1.165) is 17.0 Å². The van der Waals surface area contributed by atoms with Crippen molar-refractivity contribution in [3.8, 4) is 0 Å². The molecule has 0 saturated carbocycles. The third kappa shape index (κ3) is 7.10. The lowest BCUT2D eigenvalue weighted by Crippen LogP contribution is -2.61. The number of anilines is 2. The van der Waals surface area contributed by atoms with Crippen molar-refractivity contribution in [1.82, 2.24) is 9.97 Å². The van der Waals surface area contributed by atoms with E-state index >= 15 is 0 Å². The average Bonchev–Trinajstić information content (AvgIpc) is 2.94. The highest BCUT2D eigenvalue weighted by Crippen LogP contribution is 2.47. The first-order valence-corrected chi connectivity index (χ1v) is 13.7. The van der Waals surface area contributed by atoms with Crippen LogP contribution in [0, 0.1) is 0 Å². The molecule has 4 N–H and O–H groups in total. The second-order valence-corrected chi connectivity index (χ2v) is 10.7. The molecule has 2 atom stereocenters. The van der Waals surface area contributed by atoms with Crippen molar-refractivity contribution in [2.45, 2.75) is 69.6 Å². The van der Waals surface area contributed by atoms with E-state index in [2.05, 4.69) is 15.3 Å². The second kappa shape index (κ2) is 12.0. The number of hydrogen-bond acceptors (Lipinski definition) is 5. The van der Waals surface area contributed by atoms with E-state index in [1.54, 1.807) is 13.8 Å². The van der Waals surface area contributed by atoms with E-state index in [1.165, 1.54) is 6.20 Å². The van der Waals surface area contributed by atoms with Gasteiger partial charge in [0.15, 0.2) is 0 Å². The Kier molecular flexibility index (Phi) is 9.03. The molecule has 0 spiro atoms. The summed E-state index contributed by atoms with van der Waals surface area (Å²) in [4.78, 5) is 21.8. The fourth-order valence-corrected chi connectivity index (χ4v) is 5.29. The number of aromatic nitrogens is 2. The Bertz CT molecular complexity index is 1540. The number of amides is 1. The Balaban J connectivity index is 1.91. The first kappa shape index (κ1) is 33.8. The number of halogens is 9. The lowest BCUT2D eigenvalue weighted by molar-refractivity contribution is -0.143. The molecular weight excluding hydrogens is 621 g/mol. The monoisotopic (exact) mass is 649 g/mol. The van der Waals surface area contributed by atoms with Crippen LogP contribution in [0.25, 0.3) is 0 Å². The molecule has 3 aromatic rings. The third-order valence-corrected chi connectivity index (χ3v) is 7.56. The first-order valence-electron chi connectivity index (χ1n) is 13.7. The van der Waals surface area contributed by atoms with Crippen LogP contribution < -0.4 is 16.0 Å². The maximum atomic E-state index is 13.7. The van der Waals surface area contributed by atoms with Crippen LogP contribution in [-0.4, -0.2) is 33.4 Å². The molecule has 1 aliphatic heterocycles. The Hall–Kier alpha value is -4.08. The number of alkyl halides is 9. The van der Waals surface area contributed by atoms with Gasteiger partial charge in [-0.2, -0.15) is 39.5 Å². The van der Waals surface area contributed by atoms with Gasteiger partial charge in [-0.05, 0) is 66.8 Å². The number of nitrogens with zero attached hydrogens (tertiary/aromatic N) is 3. The van der Waals surface area contributed by atoms with Crippen LogP contribution in [0.1, 0.15) is 78.4 Å². The number of nitrogens with two attached hydrogens (primary N) is 1. The number of nitrogens with one attached hydrogen (secondary N) is 1. The molecule has 1 aromatic heterocycles. The minimum absolute atomic E-state index is 0.00211. The lowest BCUT2D eigenvalue weighted by atomic mass is 9.80. The number of carbonyl (C=O) groups is 1. The van der Waals surface area contributed by atoms with Crippen molar-refractivity contribution in [3.05, 3.63) is 81.9 Å². The topological polar surface area (TPSA) is 104 Å². The molecule has 0 unspecified atom stereocenters. The van der Waals surface area contributed by atoms with Gasteiger partial charge < -0.3 is 16.2 Å². The zero-order valence-corrected chi connectivity index (χ0v) is 23.8. The predicted octanol–water partition coefficient (Wildman–Crippen LogP) is 8.03. The van der Waals surface area contributed by atoms with Crippen LogP contribution in [0.2, 0.25) is 0 Å². The summed E-state index contributed by atoms with van der Waals surface area (Å²) in [6.45, 7) is 3.72. The van der Waals surface area contributed by atoms with Gasteiger partial charge in [-0.3, -0.25) is 4.90 Å². The standard InChI is InChI=1S/C29H28F9N5O2/c1-3-7-40-22-14-41-24(42-21(22)10-15-8-17(28(33,34)35)11-18(9-15)29(36,37)38)20-13-26(39,4-2)43(25(44)45)23-6-5-16(12-19(20)23)27(30,31)32/h5-6,8-9,11-12,14,20,40H,3-4,7,10,13,39H2,1-2H3,(H,44,45)/t20-,26+/m0/s1. The largest absolute Gasteiger partial charge is 0.465 e. The molecule has 0 radical (unpaired) electrons. The Morgan fingerprint density at radius 1 is 0.978 bits per heavy atom. The van der Waals surface area contributed by atoms with Crippen molar-refractivity contribution in [2.24, 2.45) is 5.73 Å². The van der Waals surface area contributed by atoms with Gasteiger partial charge in [0.05, 0.1) is 40.0 Å². The van der Waals surface area contributed by atoms with Gasteiger partial charge in [-0.15, -0.1) is 0 Å². The fraction of sp³-hybridized carbons (Fsp3) is 0.414. The van der Waals surface area contributed by atoms with Crippen molar-refractivity contribution in [2.75, 3.05) is 16.8 Å². The van der Waals surface area contributed by atoms with E-state index in [-0.39, 0.29) is 52.9 Å². The number of benzene rings is 2. The molecule has 7 nitrogen and oxygen atoms in total. The molecule has 2 heterocycles. The summed E-state index contributed by atoms with van der Waals surface area (Å²) in [5.41, 5.74) is 0.299. The molecule has 16 heteroatoms. The van der Waals surface area contributed by atoms with E-state index < -0.39 is 59.3 Å². The van der Waals surface area contributed by atoms with Gasteiger partial charge in [-0.1, -0.05) is 13.8 Å². The van der Waals surface area contributed by atoms with Gasteiger partial charge in [0, 0.05) is 18.9 Å². The molecule has 1 amide bonds. The van der Waals surface area contributed by atoms with Gasteiger partial charge in [0.25, 0.3) is 0 Å². The number of rotatable bonds is 7. The minimum atomic E-state index is -5.08. The van der Waals surface area contributed by atoms with E-state index in [9.17, 15) is 49.4 Å². The maximum Gasteiger partial charge on any atom is 0.416 e. The van der Waals surface area contributed by atoms with Crippen LogP contribution >= 0.6 is 0 Å². The summed E-state index contributed by atoms with van der Waals surface area (Å²) < 4.78 is 122. The average molecular weight is 650 g/mol. The number of fused-ring (bicyclic) bond motifs is 1. The molecule has 1 aliphatic rings. The summed E-state index contributed by atoms with van der Waals surface area (Å²) in [5.74, 6) is -1.25. The minimum Gasteiger partial charge on any atom is -0.465 e. The SMILES string of the molecule is CCCNc1cnc([C@H]2C[C@@](N)(CC)N(C(=O)O)c3ccc(C(F)(F)F)cc32)nc1Cc1cc(C(F)(F)F)cc(C(F)(F)F)c1. The van der Waals surface area contributed by atoms with Gasteiger partial charge in [0.1, 0.15) is 11.5 Å². The molecule has 0 bridgehead atoms. The Labute approximate surface area is 251 Å². The molecule has 45 heavy (non-hydrogen) atoms. The van der Waals surface area contributed by atoms with Gasteiger partial charge in [-0.25, -0.2) is 14.8 Å². The molecule has 0 fully saturated rings. The number of hydrogen-bond donors (Lipinski definition) is 3. The summed E-state index contributed by atoms with van der Waals surface area (Å²) in [6, 6.07) is 3.60. The molecule has 0 saturated heterocycles. The summed E-state index contributed by atoms with van der Waals surface area (Å²) in [7, 11) is 0. The highest BCUT2D eigenvalue weighted by atomic mass is 19.4. The number of carboxylic acid groups (broad SMARTS) is 1. The summed E-state index contributed by atoms with van der Waals surface area (Å²) in [5, 5.41) is 12.9. The van der Waals surface area contributed by atoms with Crippen LogP contribution in [0.3, 0.4) is 0 Å². The van der Waals surface area contributed by atoms with Crippen molar-refractivity contribution >= 4 is 17.5 Å². The lowest BCUT2D eigenvalue weighted by Gasteiger charge is -2.46. The van der Waals surface area contributed by atoms with Crippen LogP contribution in [0.15, 0.2) is 42.6 Å².